The van der Waals surface area contributed by atoms with Crippen molar-refractivity contribution in [3.8, 4) is 0 Å². The molecule has 1 rings (SSSR count). The van der Waals surface area contributed by atoms with E-state index in [1.807, 2.05) is 31.2 Å². The highest BCUT2D eigenvalue weighted by Gasteiger charge is 2.09. The van der Waals surface area contributed by atoms with Gasteiger partial charge < -0.3 is 0 Å². The van der Waals surface area contributed by atoms with Gasteiger partial charge in [0.15, 0.2) is 0 Å². The van der Waals surface area contributed by atoms with Crippen molar-refractivity contribution in [1.82, 2.24) is 0 Å². The Morgan fingerprint density at radius 1 is 1.40 bits per heavy atom. The molecule has 0 heterocycles. The number of rotatable bonds is 3. The highest BCUT2D eigenvalue weighted by atomic mass is 35.5. The van der Waals surface area contributed by atoms with Crippen molar-refractivity contribution in [2.45, 2.75) is 18.7 Å². The van der Waals surface area contributed by atoms with Crippen LogP contribution in [0.15, 0.2) is 51.8 Å². The van der Waals surface area contributed by atoms with E-state index in [0.29, 0.717) is 9.26 Å². The van der Waals surface area contributed by atoms with Gasteiger partial charge in [0, 0.05) is 4.90 Å². The highest BCUT2D eigenvalue weighted by molar-refractivity contribution is 7.90. The first-order chi connectivity index (χ1) is 7.06. The fraction of sp³-hybridized carbons (Fsp3) is 0.167. The Morgan fingerprint density at radius 3 is 2.40 bits per heavy atom. The van der Waals surface area contributed by atoms with E-state index < -0.39 is 10.8 Å². The molecule has 1 atom stereocenters. The van der Waals surface area contributed by atoms with E-state index in [2.05, 4.69) is 6.58 Å². The summed E-state index contributed by atoms with van der Waals surface area (Å²) in [6.45, 7) is 7.37. The van der Waals surface area contributed by atoms with Gasteiger partial charge in [0.05, 0.1) is 10.8 Å². The van der Waals surface area contributed by atoms with Crippen LogP contribution in [0.5, 0.6) is 0 Å². The van der Waals surface area contributed by atoms with E-state index >= 15 is 0 Å². The first kappa shape index (κ1) is 12.2. The van der Waals surface area contributed by atoms with Gasteiger partial charge in [-0.05, 0) is 31.6 Å². The van der Waals surface area contributed by atoms with Crippen LogP contribution in [0.4, 0.5) is 0 Å². The summed E-state index contributed by atoms with van der Waals surface area (Å²) in [6, 6.07) is 7.48. The van der Waals surface area contributed by atoms with Gasteiger partial charge in [-0.25, -0.2) is 4.21 Å². The molecule has 0 fully saturated rings. The van der Waals surface area contributed by atoms with Crippen molar-refractivity contribution in [3.63, 3.8) is 0 Å². The Balaban J connectivity index is 3.05. The molecule has 0 saturated heterocycles. The summed E-state index contributed by atoms with van der Waals surface area (Å²) in [5.74, 6) is 0. The monoisotopic (exact) mass is 240 g/mol. The molecule has 0 radical (unpaired) electrons. The van der Waals surface area contributed by atoms with E-state index in [1.54, 1.807) is 13.0 Å². The molecule has 0 N–H and O–H groups in total. The van der Waals surface area contributed by atoms with Crippen molar-refractivity contribution in [1.29, 1.82) is 0 Å². The topological polar surface area (TPSA) is 17.1 Å². The number of aryl methyl sites for hydroxylation is 1. The summed E-state index contributed by atoms with van der Waals surface area (Å²) in [7, 11) is -1.29. The summed E-state index contributed by atoms with van der Waals surface area (Å²) in [6.07, 6.45) is 1.61. The van der Waals surface area contributed by atoms with Gasteiger partial charge in [-0.15, -0.1) is 0 Å². The van der Waals surface area contributed by atoms with Gasteiger partial charge in [-0.2, -0.15) is 0 Å². The van der Waals surface area contributed by atoms with Crippen molar-refractivity contribution >= 4 is 22.4 Å². The zero-order chi connectivity index (χ0) is 11.4. The third-order valence-corrected chi connectivity index (χ3v) is 4.08. The fourth-order valence-corrected chi connectivity index (χ4v) is 2.30. The molecule has 0 aliphatic carbocycles. The van der Waals surface area contributed by atoms with Crippen LogP contribution in [0, 0.1) is 6.92 Å². The second-order valence-corrected chi connectivity index (χ2v) is 5.26. The Bertz CT molecular complexity index is 418. The van der Waals surface area contributed by atoms with Crippen LogP contribution in [0.1, 0.15) is 12.5 Å². The predicted molar refractivity (Wildman–Crippen MR) is 66.3 cm³/mol. The molecule has 0 spiro atoms. The number of hydrogen-bond donors (Lipinski definition) is 0. The minimum Gasteiger partial charge on any atom is -0.248 e. The van der Waals surface area contributed by atoms with E-state index in [0.717, 1.165) is 11.1 Å². The van der Waals surface area contributed by atoms with E-state index in [9.17, 15) is 4.21 Å². The first-order valence-electron chi connectivity index (χ1n) is 4.53. The number of allylic oxidation sites excluding steroid dienone is 2. The minimum atomic E-state index is -1.29. The Hall–Kier alpha value is -0.860. The van der Waals surface area contributed by atoms with Crippen LogP contribution in [0.3, 0.4) is 0 Å². The lowest BCUT2D eigenvalue weighted by Crippen LogP contribution is -1.93. The van der Waals surface area contributed by atoms with Crippen LogP contribution in [-0.2, 0) is 10.8 Å². The van der Waals surface area contributed by atoms with Crippen molar-refractivity contribution in [2.75, 3.05) is 0 Å². The zero-order valence-corrected chi connectivity index (χ0v) is 10.4. The number of halogens is 1. The average Bonchev–Trinajstić information content (AvgIpc) is 2.27. The van der Waals surface area contributed by atoms with Gasteiger partial charge in [0.1, 0.15) is 4.36 Å². The maximum Gasteiger partial charge on any atom is 0.112 e. The van der Waals surface area contributed by atoms with Crippen LogP contribution in [0.2, 0.25) is 0 Å². The van der Waals surface area contributed by atoms with Crippen LogP contribution >= 0.6 is 11.6 Å². The fourth-order valence-electron chi connectivity index (χ4n) is 0.992. The molecule has 0 saturated carbocycles. The maximum atomic E-state index is 11.9. The third-order valence-electron chi connectivity index (χ3n) is 2.01. The van der Waals surface area contributed by atoms with E-state index in [4.69, 9.17) is 11.6 Å². The number of benzene rings is 1. The molecule has 1 aromatic carbocycles. The SMILES string of the molecule is C=C/C(C)=C(/Cl)S(=O)c1ccc(C)cc1. The summed E-state index contributed by atoms with van der Waals surface area (Å²) >= 11 is 5.96. The molecule has 15 heavy (non-hydrogen) atoms. The maximum absolute atomic E-state index is 11.9. The van der Waals surface area contributed by atoms with Gasteiger partial charge in [0.25, 0.3) is 0 Å². The van der Waals surface area contributed by atoms with Crippen LogP contribution in [-0.4, -0.2) is 4.21 Å². The predicted octanol–water partition coefficient (Wildman–Crippen LogP) is 3.76. The first-order valence-corrected chi connectivity index (χ1v) is 6.06. The second-order valence-electron chi connectivity index (χ2n) is 3.24. The molecule has 0 aromatic heterocycles. The molecular weight excluding hydrogens is 228 g/mol. The average molecular weight is 241 g/mol. The van der Waals surface area contributed by atoms with Crippen molar-refractivity contribution in [3.05, 3.63) is 52.4 Å². The van der Waals surface area contributed by atoms with E-state index in [-0.39, 0.29) is 0 Å². The smallest absolute Gasteiger partial charge is 0.112 e. The van der Waals surface area contributed by atoms with Gasteiger partial charge in [-0.3, -0.25) is 0 Å². The quantitative estimate of drug-likeness (QED) is 0.736. The molecule has 0 amide bonds. The van der Waals surface area contributed by atoms with Crippen LogP contribution < -0.4 is 0 Å². The third kappa shape index (κ3) is 3.05. The molecule has 0 aliphatic heterocycles. The van der Waals surface area contributed by atoms with Gasteiger partial charge >= 0.3 is 0 Å². The van der Waals surface area contributed by atoms with E-state index in [1.165, 1.54) is 0 Å². The number of hydrogen-bond acceptors (Lipinski definition) is 1. The lowest BCUT2D eigenvalue weighted by atomic mass is 10.2. The summed E-state index contributed by atoms with van der Waals surface area (Å²) in [5.41, 5.74) is 1.88. The second kappa shape index (κ2) is 5.29. The Labute approximate surface area is 97.9 Å². The standard InChI is InChI=1S/C12H13ClOS/c1-4-10(3)12(13)15(14)11-7-5-9(2)6-8-11/h4-8H,1H2,2-3H3/b12-10-. The molecule has 0 aliphatic rings. The molecule has 1 unspecified atom stereocenters. The molecule has 80 valence electrons. The molecular formula is C12H13ClOS. The lowest BCUT2D eigenvalue weighted by Gasteiger charge is -2.03. The lowest BCUT2D eigenvalue weighted by molar-refractivity contribution is 0.687. The highest BCUT2D eigenvalue weighted by Crippen LogP contribution is 2.21. The van der Waals surface area contributed by atoms with Gasteiger partial charge in [0.2, 0.25) is 0 Å². The van der Waals surface area contributed by atoms with Crippen LogP contribution in [0.25, 0.3) is 0 Å². The zero-order valence-electron chi connectivity index (χ0n) is 8.79. The summed E-state index contributed by atoms with van der Waals surface area (Å²) in [4.78, 5) is 0.715. The molecule has 1 aromatic rings. The van der Waals surface area contributed by atoms with Crippen molar-refractivity contribution in [2.24, 2.45) is 0 Å². The normalized spacial score (nSPS) is 14.3. The summed E-state index contributed by atoms with van der Waals surface area (Å²) < 4.78 is 12.3. The molecule has 1 nitrogen and oxygen atoms in total. The Kier molecular flexibility index (Phi) is 4.30. The van der Waals surface area contributed by atoms with Gasteiger partial charge in [-0.1, -0.05) is 42.0 Å². The minimum absolute atomic E-state index is 0.342. The largest absolute Gasteiger partial charge is 0.248 e. The summed E-state index contributed by atoms with van der Waals surface area (Å²) in [5, 5.41) is 0. The Morgan fingerprint density at radius 2 is 1.93 bits per heavy atom. The van der Waals surface area contributed by atoms with Crippen molar-refractivity contribution < 1.29 is 4.21 Å². The molecule has 3 heteroatoms. The molecule has 0 bridgehead atoms.